The molecule has 15 nitrogen and oxygen atoms in total. The topological polar surface area (TPSA) is 154 Å². The van der Waals surface area contributed by atoms with Crippen LogP contribution in [0.4, 0.5) is 0 Å². The van der Waals surface area contributed by atoms with Gasteiger partial charge in [0.05, 0.1) is 36.3 Å². The Morgan fingerprint density at radius 2 is 1.12 bits per heavy atom. The van der Waals surface area contributed by atoms with Gasteiger partial charge in [-0.1, -0.05) is 53.5 Å². The summed E-state index contributed by atoms with van der Waals surface area (Å²) in [6, 6.07) is 11.8. The van der Waals surface area contributed by atoms with Crippen molar-refractivity contribution in [3.8, 4) is 0 Å². The first-order valence-corrected chi connectivity index (χ1v) is 25.8. The molecule has 1 fully saturated rings. The predicted octanol–water partition coefficient (Wildman–Crippen LogP) is 8.84. The lowest BCUT2D eigenvalue weighted by atomic mass is 9.91. The van der Waals surface area contributed by atoms with Crippen LogP contribution in [-0.4, -0.2) is 132 Å². The second-order valence-corrected chi connectivity index (χ2v) is 21.2. The third-order valence-electron chi connectivity index (χ3n) is 11.6. The summed E-state index contributed by atoms with van der Waals surface area (Å²) in [5.74, 6) is 2.80. The molecule has 1 aromatic carbocycles. The van der Waals surface area contributed by atoms with Gasteiger partial charge in [0, 0.05) is 81.0 Å². The number of hydrogen-bond donors (Lipinski definition) is 3. The molecule has 0 saturated carbocycles. The molecule has 0 bridgehead atoms. The first-order chi connectivity index (χ1) is 31.3. The fourth-order valence-electron chi connectivity index (χ4n) is 8.22. The maximum Gasteiger partial charge on any atom is 0.137 e. The Bertz CT molecular complexity index is 2190. The number of fused-ring (bicyclic) bond motifs is 4. The van der Waals surface area contributed by atoms with Crippen molar-refractivity contribution in [2.45, 2.75) is 97.2 Å². The molecule has 1 saturated heterocycles. The Balaban J connectivity index is 0.000000141. The highest BCUT2D eigenvalue weighted by Crippen LogP contribution is 2.40. The van der Waals surface area contributed by atoms with Gasteiger partial charge in [-0.2, -0.15) is 0 Å². The largest absolute Gasteiger partial charge is 0.381 e. The summed E-state index contributed by atoms with van der Waals surface area (Å²) in [5.41, 5.74) is 2.53. The van der Waals surface area contributed by atoms with Gasteiger partial charge in [0.1, 0.15) is 59.4 Å². The lowest BCUT2D eigenvalue weighted by Crippen LogP contribution is -2.46. The van der Waals surface area contributed by atoms with Crippen LogP contribution in [0.3, 0.4) is 0 Å². The van der Waals surface area contributed by atoms with E-state index in [-0.39, 0.29) is 42.4 Å². The van der Waals surface area contributed by atoms with E-state index in [9.17, 15) is 0 Å². The number of amidine groups is 2. The summed E-state index contributed by atoms with van der Waals surface area (Å²) in [4.78, 5) is 41.1. The van der Waals surface area contributed by atoms with E-state index in [1.165, 1.54) is 41.1 Å². The second-order valence-electron chi connectivity index (χ2n) is 16.7. The molecule has 0 amide bonds. The highest BCUT2D eigenvalue weighted by Gasteiger charge is 2.42. The molecule has 9 heterocycles. The minimum atomic E-state index is 0.0758. The van der Waals surface area contributed by atoms with Gasteiger partial charge in [0.15, 0.2) is 0 Å². The molecule has 0 radical (unpaired) electrons. The molecule has 3 N–H and O–H groups in total. The van der Waals surface area contributed by atoms with Crippen LogP contribution in [0.1, 0.15) is 59.9 Å². The first kappa shape index (κ1) is 51.5. The molecule has 0 aromatic heterocycles. The molecule has 9 aliphatic heterocycles. The number of halogens is 5. The van der Waals surface area contributed by atoms with Crippen LogP contribution < -0.4 is 16.0 Å². The lowest BCUT2D eigenvalue weighted by molar-refractivity contribution is 0.198. The summed E-state index contributed by atoms with van der Waals surface area (Å²) in [5, 5.41) is 10.7. The van der Waals surface area contributed by atoms with Gasteiger partial charge in [-0.05, 0) is 133 Å². The van der Waals surface area contributed by atoms with E-state index in [4.69, 9.17) is 27.9 Å². The van der Waals surface area contributed by atoms with Gasteiger partial charge in [-0.25, -0.2) is 30.0 Å². The van der Waals surface area contributed by atoms with Crippen molar-refractivity contribution < 1.29 is 4.74 Å². The summed E-state index contributed by atoms with van der Waals surface area (Å²) in [6.45, 7) is 15.1. The van der Waals surface area contributed by atoms with Crippen molar-refractivity contribution in [3.05, 3.63) is 71.4 Å². The number of rotatable bonds is 4. The molecule has 1 aromatic rings. The van der Waals surface area contributed by atoms with Gasteiger partial charge >= 0.3 is 0 Å². The van der Waals surface area contributed by atoms with Crippen molar-refractivity contribution in [3.63, 3.8) is 0 Å². The average molecular weight is 1260 g/mol. The lowest BCUT2D eigenvalue weighted by Gasteiger charge is -2.32. The van der Waals surface area contributed by atoms with Gasteiger partial charge < -0.3 is 35.4 Å². The molecule has 65 heavy (non-hydrogen) atoms. The van der Waals surface area contributed by atoms with Crippen molar-refractivity contribution in [2.75, 3.05) is 27.3 Å². The second kappa shape index (κ2) is 24.4. The zero-order chi connectivity index (χ0) is 46.8. The van der Waals surface area contributed by atoms with Crippen molar-refractivity contribution in [2.24, 2.45) is 63.6 Å². The fraction of sp³-hybridized carbons (Fsp3) is 0.511. The van der Waals surface area contributed by atoms with Gasteiger partial charge in [0.25, 0.3) is 0 Å². The Labute approximate surface area is 434 Å². The van der Waals surface area contributed by atoms with E-state index in [0.29, 0.717) is 34.4 Å². The fourth-order valence-corrected chi connectivity index (χ4v) is 11.8. The summed E-state index contributed by atoms with van der Waals surface area (Å²) in [7, 11) is 3.65. The molecule has 8 unspecified atom stereocenters. The predicted molar refractivity (Wildman–Crippen MR) is 297 cm³/mol. The Morgan fingerprint density at radius 1 is 0.631 bits per heavy atom. The summed E-state index contributed by atoms with van der Waals surface area (Å²) < 4.78 is 8.63. The van der Waals surface area contributed by atoms with Crippen LogP contribution in [0.15, 0.2) is 106 Å². The molecular formula is C45H59Cl2I3N14O. The standard InChI is InChI=1S/C16H20N4.C10H15IN4.C9H11ClIN3.C6H5ClIN3.C4H8O/c1-11(2)20-9-13(12-7-5-4-6-8-12)14-15(17-3)18-10-19-16(14)20;1-6(2)15-4-7(11)8-9(12-3)13-5-14-10(8)15;1-5(2)14-3-6(11)7-8(10)12-4-13-9(7)14;7-5-4-3(8)1-9-6(4)11-2-10-5;1-2-4-5-3-1/h4-11,14,16H,1-3H3,(H,17,18,19);4-6,8,10H,1-3H3,(H,12,13,14);3-5,7,9H,1-2H3;1-2,4,6,9H;1-4H2. The quantitative estimate of drug-likeness (QED) is 0.255. The maximum absolute atomic E-state index is 6.07. The van der Waals surface area contributed by atoms with E-state index >= 15 is 0 Å². The molecular weight excluding hydrogens is 1200 g/mol. The van der Waals surface area contributed by atoms with Crippen molar-refractivity contribution in [1.82, 2.24) is 30.7 Å². The SMILES string of the molecule is C1CCOC1.CC(C)N1C=C(I)C2C(Cl)=NC=NC21.CN=C1NC=NC2C1C(I)=CN2C(C)C.CN=C1NC=NC2C1C(c1ccccc1)=CN2C(C)C.ClC1=NC=NC2NC=C(I)C12. The van der Waals surface area contributed by atoms with Gasteiger partial charge in [0.2, 0.25) is 0 Å². The van der Waals surface area contributed by atoms with E-state index in [0.717, 1.165) is 24.9 Å². The zero-order valence-corrected chi connectivity index (χ0v) is 45.9. The minimum Gasteiger partial charge on any atom is -0.381 e. The molecule has 350 valence electrons. The third-order valence-corrected chi connectivity index (χ3v) is 15.1. The molecule has 0 aliphatic carbocycles. The van der Waals surface area contributed by atoms with Crippen LogP contribution in [0.2, 0.25) is 0 Å². The van der Waals surface area contributed by atoms with Crippen molar-refractivity contribution in [1.29, 1.82) is 0 Å². The van der Waals surface area contributed by atoms with E-state index < -0.39 is 0 Å². The number of hydrogen-bond acceptors (Lipinski definition) is 13. The number of ether oxygens (including phenoxy) is 1. The Morgan fingerprint density at radius 3 is 1.65 bits per heavy atom. The molecule has 9 aliphatic rings. The summed E-state index contributed by atoms with van der Waals surface area (Å²) >= 11 is 18.9. The number of nitrogens with one attached hydrogen (secondary N) is 3. The highest BCUT2D eigenvalue weighted by atomic mass is 127. The van der Waals surface area contributed by atoms with Crippen LogP contribution in [0.5, 0.6) is 0 Å². The highest BCUT2D eigenvalue weighted by molar-refractivity contribution is 14.1. The zero-order valence-electron chi connectivity index (χ0n) is 37.9. The average Bonchev–Trinajstić information content (AvgIpc) is 4.17. The summed E-state index contributed by atoms with van der Waals surface area (Å²) in [6.07, 6.45) is 18.1. The van der Waals surface area contributed by atoms with Crippen LogP contribution >= 0.6 is 91.0 Å². The Kier molecular flexibility index (Phi) is 19.3. The Hall–Kier alpha value is -2.93. The number of nitrogens with zero attached hydrogens (tertiary/aromatic N) is 11. The number of benzene rings is 1. The molecule has 20 heteroatoms. The van der Waals surface area contributed by atoms with Crippen LogP contribution in [-0.2, 0) is 4.74 Å². The van der Waals surface area contributed by atoms with E-state index in [1.807, 2.05) is 26.4 Å². The smallest absolute Gasteiger partial charge is 0.137 e. The maximum atomic E-state index is 6.07. The van der Waals surface area contributed by atoms with Gasteiger partial charge in [-0.3, -0.25) is 9.98 Å². The van der Waals surface area contributed by atoms with Gasteiger partial charge in [-0.15, -0.1) is 0 Å². The minimum absolute atomic E-state index is 0.0758. The van der Waals surface area contributed by atoms with E-state index in [2.05, 4.69) is 223 Å². The normalized spacial score (nSPS) is 29.8. The molecule has 10 rings (SSSR count). The molecule has 8 atom stereocenters. The van der Waals surface area contributed by atoms with Crippen molar-refractivity contribution >= 4 is 144 Å². The number of aliphatic imine (C=N–C) groups is 8. The first-order valence-electron chi connectivity index (χ1n) is 21.8. The van der Waals surface area contributed by atoms with Crippen LogP contribution in [0, 0.1) is 23.7 Å². The monoisotopic (exact) mass is 1260 g/mol. The third kappa shape index (κ3) is 12.4. The van der Waals surface area contributed by atoms with E-state index in [1.54, 1.807) is 19.0 Å². The molecule has 0 spiro atoms. The van der Waals surface area contributed by atoms with Crippen LogP contribution in [0.25, 0.3) is 5.57 Å².